The van der Waals surface area contributed by atoms with Gasteiger partial charge in [0.1, 0.15) is 5.82 Å². The van der Waals surface area contributed by atoms with Gasteiger partial charge in [-0.05, 0) is 49.4 Å². The molecule has 2 aliphatic rings. The molecular weight excluding hydrogens is 461 g/mol. The van der Waals surface area contributed by atoms with Gasteiger partial charge in [-0.3, -0.25) is 4.79 Å². The highest BCUT2D eigenvalue weighted by Crippen LogP contribution is 2.29. The Morgan fingerprint density at radius 3 is 2.21 bits per heavy atom. The average molecular weight is 492 g/mol. The molecule has 33 heavy (non-hydrogen) atoms. The Morgan fingerprint density at radius 1 is 0.909 bits per heavy atom. The molecule has 0 aromatic heterocycles. The summed E-state index contributed by atoms with van der Waals surface area (Å²) in [6.07, 6.45) is 6.08. The Balaban J connectivity index is 1.54. The van der Waals surface area contributed by atoms with Gasteiger partial charge in [0.05, 0.1) is 16.1 Å². The lowest BCUT2D eigenvalue weighted by Gasteiger charge is -2.35. The molecule has 4 rings (SSSR count). The summed E-state index contributed by atoms with van der Waals surface area (Å²) in [5.74, 6) is -0.402. The monoisotopic (exact) mass is 491 g/mol. The van der Waals surface area contributed by atoms with Crippen LogP contribution in [0.2, 0.25) is 0 Å². The van der Waals surface area contributed by atoms with Crippen molar-refractivity contribution in [2.45, 2.75) is 35.5 Å². The van der Waals surface area contributed by atoms with Crippen molar-refractivity contribution >= 4 is 33.4 Å². The molecular formula is C24H30FN3O3S2. The van der Waals surface area contributed by atoms with Gasteiger partial charge < -0.3 is 9.80 Å². The first-order chi connectivity index (χ1) is 15.9. The van der Waals surface area contributed by atoms with Crippen LogP contribution in [0, 0.1) is 5.82 Å². The minimum absolute atomic E-state index is 0.0947. The number of piperazine rings is 1. The number of thioether (sulfide) groups is 1. The highest BCUT2D eigenvalue weighted by atomic mass is 32.2. The minimum Gasteiger partial charge on any atom is -0.367 e. The van der Waals surface area contributed by atoms with Crippen molar-refractivity contribution < 1.29 is 17.6 Å². The van der Waals surface area contributed by atoms with Crippen LogP contribution < -0.4 is 4.90 Å². The van der Waals surface area contributed by atoms with Crippen LogP contribution in [-0.2, 0) is 10.0 Å². The molecule has 2 aliphatic heterocycles. The van der Waals surface area contributed by atoms with Crippen molar-refractivity contribution in [1.29, 1.82) is 0 Å². The topological polar surface area (TPSA) is 60.9 Å². The number of carbonyl (C=O) groups is 1. The van der Waals surface area contributed by atoms with Crippen LogP contribution in [0.1, 0.15) is 36.0 Å². The van der Waals surface area contributed by atoms with Gasteiger partial charge in [0.25, 0.3) is 5.91 Å². The Hall–Kier alpha value is -2.10. The number of carbonyl (C=O) groups excluding carboxylic acids is 1. The maximum Gasteiger partial charge on any atom is 0.255 e. The van der Waals surface area contributed by atoms with Crippen LogP contribution in [0.4, 0.5) is 10.1 Å². The Morgan fingerprint density at radius 2 is 1.58 bits per heavy atom. The first kappa shape index (κ1) is 24.0. The Labute approximate surface area is 199 Å². The van der Waals surface area contributed by atoms with Gasteiger partial charge in [-0.15, -0.1) is 11.8 Å². The molecule has 2 heterocycles. The van der Waals surface area contributed by atoms with Crippen molar-refractivity contribution in [3.63, 3.8) is 0 Å². The number of hydrogen-bond acceptors (Lipinski definition) is 5. The lowest BCUT2D eigenvalue weighted by molar-refractivity contribution is 0.0758. The predicted octanol–water partition coefficient (Wildman–Crippen LogP) is 4.07. The minimum atomic E-state index is -3.76. The Kier molecular flexibility index (Phi) is 7.61. The van der Waals surface area contributed by atoms with Gasteiger partial charge >= 0.3 is 0 Å². The zero-order valence-electron chi connectivity index (χ0n) is 18.9. The van der Waals surface area contributed by atoms with Crippen molar-refractivity contribution in [2.24, 2.45) is 0 Å². The van der Waals surface area contributed by atoms with Crippen LogP contribution >= 0.6 is 11.8 Å². The molecule has 2 aromatic carbocycles. The number of anilines is 1. The fraction of sp³-hybridized carbons (Fsp3) is 0.458. The van der Waals surface area contributed by atoms with Crippen molar-refractivity contribution in [3.05, 3.63) is 53.8 Å². The van der Waals surface area contributed by atoms with E-state index in [1.54, 1.807) is 30.3 Å². The molecule has 2 fully saturated rings. The summed E-state index contributed by atoms with van der Waals surface area (Å²) in [6.45, 7) is 2.75. The van der Waals surface area contributed by atoms with Crippen LogP contribution in [0.3, 0.4) is 0 Å². The van der Waals surface area contributed by atoms with Gasteiger partial charge in [-0.25, -0.2) is 12.8 Å². The molecule has 6 nitrogen and oxygen atoms in total. The number of hydrogen-bond donors (Lipinski definition) is 0. The van der Waals surface area contributed by atoms with Crippen LogP contribution in [-0.4, -0.2) is 69.1 Å². The molecule has 178 valence electrons. The molecule has 0 spiro atoms. The van der Waals surface area contributed by atoms with Crippen molar-refractivity contribution in [2.75, 3.05) is 50.4 Å². The number of likely N-dealkylation sites (tertiary alicyclic amines) is 1. The molecule has 1 amide bonds. The standard InChI is InChI=1S/C24H30FN3O3S2/c1-32-23-11-10-19(18-20(23)24(29)27-12-6-2-3-7-13-27)33(30,31)28-16-14-26(15-17-28)22-9-5-4-8-21(22)25/h4-5,8-11,18H,2-3,6-7,12-17H2,1H3. The third-order valence-corrected chi connectivity index (χ3v) is 9.05. The van der Waals surface area contributed by atoms with Crippen LogP contribution in [0.15, 0.2) is 52.3 Å². The molecule has 0 aliphatic carbocycles. The van der Waals surface area contributed by atoms with E-state index in [4.69, 9.17) is 0 Å². The van der Waals surface area contributed by atoms with Crippen molar-refractivity contribution in [3.8, 4) is 0 Å². The van der Waals surface area contributed by atoms with E-state index in [1.807, 2.05) is 16.1 Å². The van der Waals surface area contributed by atoms with Gasteiger partial charge in [0.2, 0.25) is 10.0 Å². The smallest absolute Gasteiger partial charge is 0.255 e. The molecule has 9 heteroatoms. The summed E-state index contributed by atoms with van der Waals surface area (Å²) in [7, 11) is -3.76. The van der Waals surface area contributed by atoms with E-state index in [1.165, 1.54) is 28.2 Å². The maximum absolute atomic E-state index is 14.1. The number of benzene rings is 2. The molecule has 0 N–H and O–H groups in total. The lowest BCUT2D eigenvalue weighted by Crippen LogP contribution is -2.49. The molecule has 0 radical (unpaired) electrons. The first-order valence-electron chi connectivity index (χ1n) is 11.4. The summed E-state index contributed by atoms with van der Waals surface area (Å²) in [4.78, 5) is 17.9. The number of sulfonamides is 1. The third kappa shape index (κ3) is 5.20. The zero-order chi connectivity index (χ0) is 23.4. The highest BCUT2D eigenvalue weighted by molar-refractivity contribution is 7.98. The van der Waals surface area contributed by atoms with Crippen molar-refractivity contribution in [1.82, 2.24) is 9.21 Å². The summed E-state index contributed by atoms with van der Waals surface area (Å²) >= 11 is 1.45. The Bertz CT molecular complexity index is 1090. The van der Waals surface area contributed by atoms with Gasteiger partial charge in [0, 0.05) is 44.2 Å². The summed E-state index contributed by atoms with van der Waals surface area (Å²) in [5.41, 5.74) is 0.944. The normalized spacial score (nSPS) is 18.2. The van der Waals surface area contributed by atoms with E-state index in [9.17, 15) is 17.6 Å². The zero-order valence-corrected chi connectivity index (χ0v) is 20.5. The molecule has 2 aromatic rings. The molecule has 0 saturated carbocycles. The van der Waals surface area contributed by atoms with Crippen LogP contribution in [0.25, 0.3) is 0 Å². The average Bonchev–Trinajstić information content (AvgIpc) is 3.13. The highest BCUT2D eigenvalue weighted by Gasteiger charge is 2.31. The first-order valence-corrected chi connectivity index (χ1v) is 14.1. The third-order valence-electron chi connectivity index (χ3n) is 6.36. The number of para-hydroxylation sites is 1. The van der Waals surface area contributed by atoms with E-state index in [2.05, 4.69) is 0 Å². The van der Waals surface area contributed by atoms with E-state index >= 15 is 0 Å². The number of amides is 1. The van der Waals surface area contributed by atoms with Gasteiger partial charge in [-0.1, -0.05) is 25.0 Å². The molecule has 0 unspecified atom stereocenters. The van der Waals surface area contributed by atoms with Crippen LogP contribution in [0.5, 0.6) is 0 Å². The van der Waals surface area contributed by atoms with Gasteiger partial charge in [-0.2, -0.15) is 4.31 Å². The number of nitrogens with zero attached hydrogens (tertiary/aromatic N) is 3. The summed E-state index contributed by atoms with van der Waals surface area (Å²) in [6, 6.07) is 11.4. The molecule has 0 atom stereocenters. The molecule has 2 saturated heterocycles. The predicted molar refractivity (Wildman–Crippen MR) is 130 cm³/mol. The number of halogens is 1. The number of rotatable bonds is 5. The van der Waals surface area contributed by atoms with E-state index < -0.39 is 10.0 Å². The quantitative estimate of drug-likeness (QED) is 0.590. The van der Waals surface area contributed by atoms with Gasteiger partial charge in [0.15, 0.2) is 0 Å². The van der Waals surface area contributed by atoms with E-state index in [0.717, 1.165) is 30.6 Å². The second kappa shape index (κ2) is 10.4. The second-order valence-electron chi connectivity index (χ2n) is 8.41. The lowest BCUT2D eigenvalue weighted by atomic mass is 10.2. The fourth-order valence-electron chi connectivity index (χ4n) is 4.49. The van der Waals surface area contributed by atoms with E-state index in [0.29, 0.717) is 37.4 Å². The molecule has 0 bridgehead atoms. The summed E-state index contributed by atoms with van der Waals surface area (Å²) in [5, 5.41) is 0. The SMILES string of the molecule is CSc1ccc(S(=O)(=O)N2CCN(c3ccccc3F)CC2)cc1C(=O)N1CCCCCC1. The fourth-order valence-corrected chi connectivity index (χ4v) is 6.50. The summed E-state index contributed by atoms with van der Waals surface area (Å²) < 4.78 is 42.4. The second-order valence-corrected chi connectivity index (χ2v) is 11.2. The van der Waals surface area contributed by atoms with E-state index in [-0.39, 0.29) is 29.7 Å². The maximum atomic E-state index is 14.1. The largest absolute Gasteiger partial charge is 0.367 e.